The highest BCUT2D eigenvalue weighted by Crippen LogP contribution is 2.28. The van der Waals surface area contributed by atoms with Crippen LogP contribution in [0.3, 0.4) is 0 Å². The monoisotopic (exact) mass is 335 g/mol. The van der Waals surface area contributed by atoms with Gasteiger partial charge in [0.25, 0.3) is 0 Å². The summed E-state index contributed by atoms with van der Waals surface area (Å²) < 4.78 is 75.0. The largest absolute Gasteiger partial charge is 0.383 e. The van der Waals surface area contributed by atoms with E-state index < -0.39 is 35.6 Å². The van der Waals surface area contributed by atoms with Crippen LogP contribution in [0.25, 0.3) is 0 Å². The molecule has 100 valence electrons. The fourth-order valence-electron chi connectivity index (χ4n) is 0.958. The highest BCUT2D eigenvalue weighted by atomic mass is 79.9. The molecule has 2 nitrogen and oxygen atoms in total. The van der Waals surface area contributed by atoms with E-state index >= 15 is 0 Å². The third-order valence-electron chi connectivity index (χ3n) is 1.82. The van der Waals surface area contributed by atoms with Crippen LogP contribution in [0.4, 0.5) is 32.0 Å². The second kappa shape index (κ2) is 5.17. The molecule has 0 aliphatic carbocycles. The topological polar surface area (TPSA) is 29.1 Å². The lowest BCUT2D eigenvalue weighted by molar-refractivity contribution is -0.163. The third-order valence-corrected chi connectivity index (χ3v) is 2.28. The molecule has 0 aliphatic rings. The number of alkyl halides is 4. The van der Waals surface area contributed by atoms with Gasteiger partial charge in [-0.05, 0) is 12.1 Å². The third kappa shape index (κ3) is 2.95. The number of amides is 1. The summed E-state index contributed by atoms with van der Waals surface area (Å²) in [6.45, 7) is 0. The van der Waals surface area contributed by atoms with Crippen LogP contribution in [0.5, 0.6) is 0 Å². The van der Waals surface area contributed by atoms with Crippen molar-refractivity contribution in [3.63, 3.8) is 0 Å². The number of nitrogens with one attached hydrogen (secondary N) is 1. The molecule has 9 heteroatoms. The summed E-state index contributed by atoms with van der Waals surface area (Å²) >= 11 is 2.72. The average Bonchev–Trinajstić information content (AvgIpc) is 2.22. The molecule has 0 saturated carbocycles. The highest BCUT2D eigenvalue weighted by molar-refractivity contribution is 9.10. The number of rotatable bonds is 3. The molecule has 0 bridgehead atoms. The fourth-order valence-corrected chi connectivity index (χ4v) is 1.36. The molecule has 0 aromatic heterocycles. The molecule has 1 N–H and O–H groups in total. The van der Waals surface area contributed by atoms with Crippen LogP contribution in [0, 0.1) is 11.6 Å². The SMILES string of the molecule is O=C(Nc1c(F)cc(Br)cc1F)C(F)(F)C(F)F. The number of carbonyl (C=O) groups excluding carboxylic acids is 1. The summed E-state index contributed by atoms with van der Waals surface area (Å²) in [5.41, 5.74) is -1.22. The fraction of sp³-hybridized carbons (Fsp3) is 0.222. The van der Waals surface area contributed by atoms with Gasteiger partial charge in [0, 0.05) is 4.47 Å². The first kappa shape index (κ1) is 14.8. The van der Waals surface area contributed by atoms with Crippen LogP contribution in [-0.4, -0.2) is 18.3 Å². The Kier molecular flexibility index (Phi) is 4.25. The van der Waals surface area contributed by atoms with Gasteiger partial charge in [0.1, 0.15) is 5.69 Å². The number of benzene rings is 1. The summed E-state index contributed by atoms with van der Waals surface area (Å²) in [5.74, 6) is -10.3. The van der Waals surface area contributed by atoms with Crippen molar-refractivity contribution in [3.8, 4) is 0 Å². The summed E-state index contributed by atoms with van der Waals surface area (Å²) in [4.78, 5) is 10.8. The molecular weight excluding hydrogens is 332 g/mol. The zero-order valence-electron chi connectivity index (χ0n) is 8.29. The Morgan fingerprint density at radius 3 is 2.06 bits per heavy atom. The molecule has 1 rings (SSSR count). The zero-order valence-corrected chi connectivity index (χ0v) is 9.87. The van der Waals surface area contributed by atoms with Crippen molar-refractivity contribution >= 4 is 27.5 Å². The van der Waals surface area contributed by atoms with E-state index in [1.807, 2.05) is 0 Å². The minimum Gasteiger partial charge on any atom is -0.316 e. The molecule has 0 fully saturated rings. The number of hydrogen-bond donors (Lipinski definition) is 1. The molecule has 1 amide bonds. The molecule has 1 aromatic rings. The predicted octanol–water partition coefficient (Wildman–Crippen LogP) is 3.57. The summed E-state index contributed by atoms with van der Waals surface area (Å²) in [6, 6.07) is 1.36. The number of halogens is 7. The number of anilines is 1. The molecule has 0 heterocycles. The minimum absolute atomic E-state index is 0.0453. The average molecular weight is 336 g/mol. The Balaban J connectivity index is 3.03. The number of carbonyl (C=O) groups is 1. The van der Waals surface area contributed by atoms with Gasteiger partial charge >= 0.3 is 18.3 Å². The summed E-state index contributed by atoms with van der Waals surface area (Å²) in [7, 11) is 0. The Morgan fingerprint density at radius 1 is 1.22 bits per heavy atom. The van der Waals surface area contributed by atoms with Crippen LogP contribution in [0.1, 0.15) is 0 Å². The van der Waals surface area contributed by atoms with Gasteiger partial charge in [-0.15, -0.1) is 0 Å². The maximum atomic E-state index is 13.1. The lowest BCUT2D eigenvalue weighted by Gasteiger charge is -2.15. The van der Waals surface area contributed by atoms with Gasteiger partial charge in [0.2, 0.25) is 0 Å². The van der Waals surface area contributed by atoms with E-state index in [1.165, 1.54) is 0 Å². The first-order chi connectivity index (χ1) is 8.16. The Morgan fingerprint density at radius 2 is 1.67 bits per heavy atom. The smallest absolute Gasteiger partial charge is 0.316 e. The van der Waals surface area contributed by atoms with Crippen molar-refractivity contribution in [2.75, 3.05) is 5.32 Å². The predicted molar refractivity (Wildman–Crippen MR) is 53.6 cm³/mol. The first-order valence-electron chi connectivity index (χ1n) is 4.28. The maximum Gasteiger partial charge on any atom is 0.383 e. The zero-order chi connectivity index (χ0) is 14.1. The van der Waals surface area contributed by atoms with Crippen molar-refractivity contribution in [1.82, 2.24) is 0 Å². The summed E-state index contributed by atoms with van der Waals surface area (Å²) in [6.07, 6.45) is -4.28. The van der Waals surface area contributed by atoms with Crippen molar-refractivity contribution in [2.24, 2.45) is 0 Å². The van der Waals surface area contributed by atoms with Crippen molar-refractivity contribution in [2.45, 2.75) is 12.3 Å². The van der Waals surface area contributed by atoms with Crippen molar-refractivity contribution in [1.29, 1.82) is 0 Å². The van der Waals surface area contributed by atoms with Gasteiger partial charge in [0.05, 0.1) is 0 Å². The van der Waals surface area contributed by atoms with Crippen molar-refractivity contribution in [3.05, 3.63) is 28.2 Å². The minimum atomic E-state index is -5.04. The normalized spacial score (nSPS) is 11.8. The molecule has 1 aromatic carbocycles. The molecule has 0 aliphatic heterocycles. The molecule has 18 heavy (non-hydrogen) atoms. The lowest BCUT2D eigenvalue weighted by atomic mass is 10.2. The Labute approximate surface area is 105 Å². The van der Waals surface area contributed by atoms with Crippen LogP contribution in [0.2, 0.25) is 0 Å². The van der Waals surface area contributed by atoms with E-state index in [2.05, 4.69) is 15.9 Å². The first-order valence-corrected chi connectivity index (χ1v) is 5.07. The van der Waals surface area contributed by atoms with Gasteiger partial charge in [-0.3, -0.25) is 4.79 Å². The Hall–Kier alpha value is -1.25. The van der Waals surface area contributed by atoms with E-state index in [-0.39, 0.29) is 4.47 Å². The van der Waals surface area contributed by atoms with Gasteiger partial charge in [-0.25, -0.2) is 17.6 Å². The van der Waals surface area contributed by atoms with Crippen LogP contribution in [-0.2, 0) is 4.79 Å². The standard InChI is InChI=1S/C9H4BrF6NO/c10-3-1-4(11)6(5(12)2-3)17-8(18)9(15,16)7(13)14/h1-2,7H,(H,17,18). The molecule has 0 spiro atoms. The van der Waals surface area contributed by atoms with Crippen LogP contribution in [0.15, 0.2) is 16.6 Å². The van der Waals surface area contributed by atoms with E-state index in [4.69, 9.17) is 0 Å². The van der Waals surface area contributed by atoms with Gasteiger partial charge in [0.15, 0.2) is 11.6 Å². The van der Waals surface area contributed by atoms with Crippen LogP contribution >= 0.6 is 15.9 Å². The van der Waals surface area contributed by atoms with Gasteiger partial charge < -0.3 is 5.32 Å². The van der Waals surface area contributed by atoms with E-state index in [1.54, 1.807) is 0 Å². The summed E-state index contributed by atoms with van der Waals surface area (Å²) in [5, 5.41) is 1.09. The van der Waals surface area contributed by atoms with Crippen molar-refractivity contribution < 1.29 is 31.1 Å². The highest BCUT2D eigenvalue weighted by Gasteiger charge is 2.49. The quantitative estimate of drug-likeness (QED) is 0.841. The molecule has 0 saturated heterocycles. The second-order valence-corrected chi connectivity index (χ2v) is 4.04. The van der Waals surface area contributed by atoms with Gasteiger partial charge in [-0.2, -0.15) is 8.78 Å². The van der Waals surface area contributed by atoms with E-state index in [0.29, 0.717) is 12.1 Å². The molecule has 0 unspecified atom stereocenters. The van der Waals surface area contributed by atoms with E-state index in [9.17, 15) is 31.1 Å². The van der Waals surface area contributed by atoms with Gasteiger partial charge in [-0.1, -0.05) is 15.9 Å². The Bertz CT molecular complexity index is 455. The van der Waals surface area contributed by atoms with Crippen LogP contribution < -0.4 is 5.32 Å². The molecular formula is C9H4BrF6NO. The van der Waals surface area contributed by atoms with E-state index in [0.717, 1.165) is 5.32 Å². The molecule has 0 radical (unpaired) electrons. The molecule has 0 atom stereocenters. The lowest BCUT2D eigenvalue weighted by Crippen LogP contribution is -2.41. The second-order valence-electron chi connectivity index (χ2n) is 3.12. The number of hydrogen-bond acceptors (Lipinski definition) is 1. The maximum absolute atomic E-state index is 13.1.